The van der Waals surface area contributed by atoms with Gasteiger partial charge in [0.05, 0.1) is 6.61 Å². The summed E-state index contributed by atoms with van der Waals surface area (Å²) in [6.07, 6.45) is 0.940. The van der Waals surface area contributed by atoms with E-state index in [-0.39, 0.29) is 12.6 Å². The largest absolute Gasteiger partial charge is 0.459 e. The van der Waals surface area contributed by atoms with E-state index in [1.165, 1.54) is 0 Å². The summed E-state index contributed by atoms with van der Waals surface area (Å²) in [5, 5.41) is 2.63. The fourth-order valence-corrected chi connectivity index (χ4v) is 2.24. The SMILES string of the molecule is CCOC(=O)C(=O)NC1CCSC1. The van der Waals surface area contributed by atoms with Crippen molar-refractivity contribution < 1.29 is 14.3 Å². The number of hydrogen-bond donors (Lipinski definition) is 1. The first kappa shape index (κ1) is 10.4. The van der Waals surface area contributed by atoms with Gasteiger partial charge in [0, 0.05) is 11.8 Å². The van der Waals surface area contributed by atoms with Gasteiger partial charge in [-0.15, -0.1) is 0 Å². The molecule has 5 heteroatoms. The number of amides is 1. The van der Waals surface area contributed by atoms with E-state index in [0.29, 0.717) is 0 Å². The Hall–Kier alpha value is -0.710. The van der Waals surface area contributed by atoms with Crippen LogP contribution in [0.1, 0.15) is 13.3 Å². The van der Waals surface area contributed by atoms with Gasteiger partial charge < -0.3 is 10.1 Å². The van der Waals surface area contributed by atoms with E-state index in [1.807, 2.05) is 0 Å². The van der Waals surface area contributed by atoms with E-state index in [9.17, 15) is 9.59 Å². The zero-order valence-electron chi connectivity index (χ0n) is 7.54. The van der Waals surface area contributed by atoms with Crippen molar-refractivity contribution in [3.8, 4) is 0 Å². The maximum absolute atomic E-state index is 11.1. The van der Waals surface area contributed by atoms with Crippen molar-refractivity contribution in [1.82, 2.24) is 5.32 Å². The number of ether oxygens (including phenoxy) is 1. The van der Waals surface area contributed by atoms with Crippen LogP contribution in [0.3, 0.4) is 0 Å². The Labute approximate surface area is 81.4 Å². The van der Waals surface area contributed by atoms with Crippen molar-refractivity contribution in [2.45, 2.75) is 19.4 Å². The van der Waals surface area contributed by atoms with Crippen molar-refractivity contribution in [3.63, 3.8) is 0 Å². The van der Waals surface area contributed by atoms with Crippen LogP contribution in [0.25, 0.3) is 0 Å². The van der Waals surface area contributed by atoms with Crippen LogP contribution >= 0.6 is 11.8 Å². The third kappa shape index (κ3) is 3.26. The molecule has 1 N–H and O–H groups in total. The van der Waals surface area contributed by atoms with Crippen molar-refractivity contribution in [3.05, 3.63) is 0 Å². The van der Waals surface area contributed by atoms with E-state index in [2.05, 4.69) is 10.1 Å². The molecular formula is C8H13NO3S. The molecule has 1 aliphatic rings. The molecule has 1 unspecified atom stereocenters. The lowest BCUT2D eigenvalue weighted by Gasteiger charge is -2.09. The van der Waals surface area contributed by atoms with Crippen LogP contribution in [-0.2, 0) is 14.3 Å². The van der Waals surface area contributed by atoms with E-state index >= 15 is 0 Å². The summed E-state index contributed by atoms with van der Waals surface area (Å²) in [6.45, 7) is 1.92. The summed E-state index contributed by atoms with van der Waals surface area (Å²) < 4.78 is 4.56. The van der Waals surface area contributed by atoms with Crippen molar-refractivity contribution in [1.29, 1.82) is 0 Å². The molecule has 0 aromatic heterocycles. The van der Waals surface area contributed by atoms with Crippen LogP contribution in [0, 0.1) is 0 Å². The van der Waals surface area contributed by atoms with Crippen LogP contribution < -0.4 is 5.32 Å². The first-order valence-corrected chi connectivity index (χ1v) is 5.45. The predicted molar refractivity (Wildman–Crippen MR) is 50.5 cm³/mol. The summed E-state index contributed by atoms with van der Waals surface area (Å²) in [6, 6.07) is 0.141. The van der Waals surface area contributed by atoms with Crippen molar-refractivity contribution in [2.24, 2.45) is 0 Å². The van der Waals surface area contributed by atoms with Crippen LogP contribution in [0.15, 0.2) is 0 Å². The van der Waals surface area contributed by atoms with Gasteiger partial charge in [-0.1, -0.05) is 0 Å². The zero-order chi connectivity index (χ0) is 9.68. The Morgan fingerprint density at radius 3 is 2.92 bits per heavy atom. The fraction of sp³-hybridized carbons (Fsp3) is 0.750. The summed E-state index contributed by atoms with van der Waals surface area (Å²) in [5.74, 6) is 0.549. The molecule has 0 saturated carbocycles. The Morgan fingerprint density at radius 1 is 1.62 bits per heavy atom. The molecule has 0 aromatic carbocycles. The molecule has 74 valence electrons. The van der Waals surface area contributed by atoms with Crippen molar-refractivity contribution >= 4 is 23.6 Å². The van der Waals surface area contributed by atoms with Gasteiger partial charge in [-0.05, 0) is 19.1 Å². The minimum absolute atomic E-state index is 0.141. The standard InChI is InChI=1S/C8H13NO3S/c1-2-12-8(11)7(10)9-6-3-4-13-5-6/h6H,2-5H2,1H3,(H,9,10). The van der Waals surface area contributed by atoms with Gasteiger partial charge in [-0.25, -0.2) is 4.79 Å². The maximum atomic E-state index is 11.1. The lowest BCUT2D eigenvalue weighted by molar-refractivity contribution is -0.154. The number of thioether (sulfide) groups is 1. The average molecular weight is 203 g/mol. The normalized spacial score (nSPS) is 21.2. The smallest absolute Gasteiger partial charge is 0.396 e. The third-order valence-electron chi connectivity index (χ3n) is 1.73. The second-order valence-corrected chi connectivity index (χ2v) is 3.90. The Morgan fingerprint density at radius 2 is 2.38 bits per heavy atom. The summed E-state index contributed by atoms with van der Waals surface area (Å²) in [4.78, 5) is 22.0. The minimum Gasteiger partial charge on any atom is -0.459 e. The molecule has 1 amide bonds. The highest BCUT2D eigenvalue weighted by atomic mass is 32.2. The second kappa shape index (κ2) is 5.11. The molecule has 0 aliphatic carbocycles. The third-order valence-corrected chi connectivity index (χ3v) is 2.89. The van der Waals surface area contributed by atoms with E-state index in [4.69, 9.17) is 0 Å². The molecule has 4 nitrogen and oxygen atoms in total. The number of hydrogen-bond acceptors (Lipinski definition) is 4. The first-order valence-electron chi connectivity index (χ1n) is 4.29. The maximum Gasteiger partial charge on any atom is 0.396 e. The quantitative estimate of drug-likeness (QED) is 0.513. The molecule has 13 heavy (non-hydrogen) atoms. The van der Waals surface area contributed by atoms with Gasteiger partial charge in [0.1, 0.15) is 0 Å². The van der Waals surface area contributed by atoms with Crippen LogP contribution in [0.2, 0.25) is 0 Å². The number of rotatable bonds is 2. The van der Waals surface area contributed by atoms with Gasteiger partial charge in [0.2, 0.25) is 0 Å². The molecule has 1 atom stereocenters. The number of carbonyl (C=O) groups is 2. The highest BCUT2D eigenvalue weighted by Gasteiger charge is 2.22. The molecule has 1 heterocycles. The minimum atomic E-state index is -0.778. The highest BCUT2D eigenvalue weighted by molar-refractivity contribution is 7.99. The van der Waals surface area contributed by atoms with Crippen molar-refractivity contribution in [2.75, 3.05) is 18.1 Å². The number of carbonyl (C=O) groups excluding carboxylic acids is 2. The van der Waals surface area contributed by atoms with Crippen LogP contribution in [-0.4, -0.2) is 36.0 Å². The Kier molecular flexibility index (Phi) is 4.08. The summed E-state index contributed by atoms with van der Waals surface area (Å²) in [7, 11) is 0. The van der Waals surface area contributed by atoms with Gasteiger partial charge >= 0.3 is 11.9 Å². The number of esters is 1. The molecule has 1 saturated heterocycles. The topological polar surface area (TPSA) is 55.4 Å². The number of nitrogens with one attached hydrogen (secondary N) is 1. The molecule has 0 aromatic rings. The Bertz CT molecular complexity index is 202. The second-order valence-electron chi connectivity index (χ2n) is 2.75. The molecule has 0 bridgehead atoms. The Balaban J connectivity index is 2.27. The summed E-state index contributed by atoms with van der Waals surface area (Å²) >= 11 is 1.78. The van der Waals surface area contributed by atoms with Gasteiger partial charge in [-0.3, -0.25) is 4.79 Å². The van der Waals surface area contributed by atoms with Crippen LogP contribution in [0.5, 0.6) is 0 Å². The average Bonchev–Trinajstić information content (AvgIpc) is 2.57. The van der Waals surface area contributed by atoms with E-state index in [0.717, 1.165) is 17.9 Å². The van der Waals surface area contributed by atoms with E-state index in [1.54, 1.807) is 18.7 Å². The van der Waals surface area contributed by atoms with Gasteiger partial charge in [0.25, 0.3) is 0 Å². The molecule has 1 aliphatic heterocycles. The first-order chi connectivity index (χ1) is 6.24. The lowest BCUT2D eigenvalue weighted by Crippen LogP contribution is -2.40. The summed E-state index contributed by atoms with van der Waals surface area (Å²) in [5.41, 5.74) is 0. The van der Waals surface area contributed by atoms with Crippen LogP contribution in [0.4, 0.5) is 0 Å². The molecule has 1 fully saturated rings. The van der Waals surface area contributed by atoms with E-state index < -0.39 is 11.9 Å². The molecular weight excluding hydrogens is 190 g/mol. The molecule has 1 rings (SSSR count). The van der Waals surface area contributed by atoms with Gasteiger partial charge in [-0.2, -0.15) is 11.8 Å². The molecule has 0 spiro atoms. The fourth-order valence-electron chi connectivity index (χ4n) is 1.09. The lowest BCUT2D eigenvalue weighted by atomic mass is 10.2. The van der Waals surface area contributed by atoms with Gasteiger partial charge in [0.15, 0.2) is 0 Å². The zero-order valence-corrected chi connectivity index (χ0v) is 8.36. The monoisotopic (exact) mass is 203 g/mol. The highest BCUT2D eigenvalue weighted by Crippen LogP contribution is 2.16. The predicted octanol–water partition coefficient (Wildman–Crippen LogP) is 0.171. The molecule has 0 radical (unpaired) electrons.